The molecule has 0 aliphatic carbocycles. The van der Waals surface area contributed by atoms with Gasteiger partial charge in [-0.05, 0) is 35.0 Å². The van der Waals surface area contributed by atoms with E-state index in [1.807, 2.05) is 72.8 Å². The highest BCUT2D eigenvalue weighted by atomic mass is 32.2. The molecule has 3 aromatic rings. The van der Waals surface area contributed by atoms with Gasteiger partial charge in [-0.1, -0.05) is 72.5 Å². The Balaban J connectivity index is 1.82. The van der Waals surface area contributed by atoms with Crippen molar-refractivity contribution >= 4 is 56.7 Å². The third-order valence-corrected chi connectivity index (χ3v) is 5.54. The van der Waals surface area contributed by atoms with Crippen molar-refractivity contribution in [2.75, 3.05) is 12.0 Å². The van der Waals surface area contributed by atoms with Gasteiger partial charge in [0, 0.05) is 5.56 Å². The summed E-state index contributed by atoms with van der Waals surface area (Å²) in [6, 6.07) is 21.4. The van der Waals surface area contributed by atoms with Crippen LogP contribution >= 0.6 is 24.0 Å². The highest BCUT2D eigenvalue weighted by Gasteiger charge is 2.33. The summed E-state index contributed by atoms with van der Waals surface area (Å²) in [4.78, 5) is 15.1. The molecule has 0 bridgehead atoms. The highest BCUT2D eigenvalue weighted by Crippen LogP contribution is 2.38. The second-order valence-electron chi connectivity index (χ2n) is 5.76. The fourth-order valence-corrected chi connectivity index (χ4v) is 4.28. The Labute approximate surface area is 161 Å². The summed E-state index contributed by atoms with van der Waals surface area (Å²) in [5.74, 6) is 0.620. The van der Waals surface area contributed by atoms with Gasteiger partial charge in [0.1, 0.15) is 5.75 Å². The van der Waals surface area contributed by atoms with E-state index < -0.39 is 0 Å². The summed E-state index contributed by atoms with van der Waals surface area (Å²) in [7, 11) is 1.64. The van der Waals surface area contributed by atoms with E-state index in [1.165, 1.54) is 11.8 Å². The van der Waals surface area contributed by atoms with Crippen LogP contribution in [0.15, 0.2) is 71.6 Å². The smallest absolute Gasteiger partial charge is 0.270 e. The van der Waals surface area contributed by atoms with Gasteiger partial charge in [-0.3, -0.25) is 9.69 Å². The number of methoxy groups -OCH3 is 1. The first-order chi connectivity index (χ1) is 12.7. The average Bonchev–Trinajstić information content (AvgIpc) is 2.96. The van der Waals surface area contributed by atoms with Gasteiger partial charge in [-0.2, -0.15) is 0 Å². The largest absolute Gasteiger partial charge is 0.496 e. The van der Waals surface area contributed by atoms with Crippen molar-refractivity contribution in [2.24, 2.45) is 0 Å². The number of anilines is 1. The maximum absolute atomic E-state index is 13.0. The molecule has 0 N–H and O–H groups in total. The maximum Gasteiger partial charge on any atom is 0.270 e. The number of ether oxygens (including phenoxy) is 1. The molecule has 1 aliphatic rings. The molecular weight excluding hydrogens is 362 g/mol. The first-order valence-electron chi connectivity index (χ1n) is 8.08. The summed E-state index contributed by atoms with van der Waals surface area (Å²) < 4.78 is 6.06. The van der Waals surface area contributed by atoms with Crippen LogP contribution in [0.5, 0.6) is 5.75 Å². The number of para-hydroxylation sites is 1. The first-order valence-corrected chi connectivity index (χ1v) is 9.30. The van der Waals surface area contributed by atoms with E-state index >= 15 is 0 Å². The number of carbonyl (C=O) groups excluding carboxylic acids is 1. The number of thiocarbonyl (C=S) groups is 1. The van der Waals surface area contributed by atoms with Gasteiger partial charge in [-0.15, -0.1) is 0 Å². The fourth-order valence-electron chi connectivity index (χ4n) is 3.00. The first kappa shape index (κ1) is 16.8. The Morgan fingerprint density at radius 2 is 1.73 bits per heavy atom. The predicted octanol–water partition coefficient (Wildman–Crippen LogP) is 5.25. The van der Waals surface area contributed by atoms with E-state index in [-0.39, 0.29) is 5.91 Å². The molecule has 4 rings (SSSR count). The molecule has 3 aromatic carbocycles. The molecule has 1 saturated heterocycles. The van der Waals surface area contributed by atoms with Gasteiger partial charge in [0.05, 0.1) is 17.7 Å². The van der Waals surface area contributed by atoms with Crippen molar-refractivity contribution in [3.05, 3.63) is 77.2 Å². The maximum atomic E-state index is 13.0. The van der Waals surface area contributed by atoms with Crippen LogP contribution in [0.25, 0.3) is 16.8 Å². The standard InChI is InChI=1S/C21H15NO2S2/c1-24-18-12-11-14-7-5-6-10-16(14)17(18)13-19-20(23)22(21(25)26-19)15-8-3-2-4-9-15/h2-13H,1H3. The molecule has 1 amide bonds. The van der Waals surface area contributed by atoms with E-state index in [0.29, 0.717) is 9.23 Å². The molecule has 0 unspecified atom stereocenters. The van der Waals surface area contributed by atoms with Crippen LogP contribution in [-0.2, 0) is 4.79 Å². The number of thioether (sulfide) groups is 1. The summed E-state index contributed by atoms with van der Waals surface area (Å²) in [6.45, 7) is 0. The normalized spacial score (nSPS) is 15.9. The second kappa shape index (κ2) is 6.94. The van der Waals surface area contributed by atoms with Crippen LogP contribution in [0.2, 0.25) is 0 Å². The van der Waals surface area contributed by atoms with E-state index in [4.69, 9.17) is 17.0 Å². The zero-order chi connectivity index (χ0) is 18.1. The summed E-state index contributed by atoms with van der Waals surface area (Å²) in [6.07, 6.45) is 1.88. The quantitative estimate of drug-likeness (QED) is 0.460. The molecule has 0 atom stereocenters. The van der Waals surface area contributed by atoms with E-state index in [2.05, 4.69) is 0 Å². The van der Waals surface area contributed by atoms with E-state index in [9.17, 15) is 4.79 Å². The molecule has 5 heteroatoms. The number of benzene rings is 3. The summed E-state index contributed by atoms with van der Waals surface area (Å²) in [5.41, 5.74) is 1.67. The minimum Gasteiger partial charge on any atom is -0.496 e. The van der Waals surface area contributed by atoms with Crippen LogP contribution in [0.3, 0.4) is 0 Å². The summed E-state index contributed by atoms with van der Waals surface area (Å²) >= 11 is 6.76. The lowest BCUT2D eigenvalue weighted by Gasteiger charge is -2.14. The third kappa shape index (κ3) is 2.89. The van der Waals surface area contributed by atoms with E-state index in [0.717, 1.165) is 27.8 Å². The molecular formula is C21H15NO2S2. The molecule has 0 spiro atoms. The lowest BCUT2D eigenvalue weighted by Crippen LogP contribution is -2.27. The zero-order valence-corrected chi connectivity index (χ0v) is 15.6. The van der Waals surface area contributed by atoms with Crippen molar-refractivity contribution in [3.8, 4) is 5.75 Å². The number of amides is 1. The minimum absolute atomic E-state index is 0.110. The molecule has 128 valence electrons. The number of rotatable bonds is 3. The van der Waals surface area contributed by atoms with Crippen LogP contribution in [0.4, 0.5) is 5.69 Å². The average molecular weight is 377 g/mol. The minimum atomic E-state index is -0.110. The van der Waals surface area contributed by atoms with Crippen molar-refractivity contribution < 1.29 is 9.53 Å². The van der Waals surface area contributed by atoms with Crippen LogP contribution < -0.4 is 9.64 Å². The highest BCUT2D eigenvalue weighted by molar-refractivity contribution is 8.27. The van der Waals surface area contributed by atoms with Crippen LogP contribution in [0, 0.1) is 0 Å². The van der Waals surface area contributed by atoms with Crippen LogP contribution in [-0.4, -0.2) is 17.3 Å². The van der Waals surface area contributed by atoms with Gasteiger partial charge < -0.3 is 4.74 Å². The van der Waals surface area contributed by atoms with Crippen molar-refractivity contribution in [3.63, 3.8) is 0 Å². The SMILES string of the molecule is COc1ccc2ccccc2c1C=C1SC(=S)N(c2ccccc2)C1=O. The predicted molar refractivity (Wildman–Crippen MR) is 113 cm³/mol. The van der Waals surface area contributed by atoms with Gasteiger partial charge in [0.15, 0.2) is 4.32 Å². The number of hydrogen-bond acceptors (Lipinski definition) is 4. The Morgan fingerprint density at radius 1 is 1.00 bits per heavy atom. The zero-order valence-electron chi connectivity index (χ0n) is 14.0. The van der Waals surface area contributed by atoms with Crippen molar-refractivity contribution in [2.45, 2.75) is 0 Å². The fraction of sp³-hybridized carbons (Fsp3) is 0.0476. The van der Waals surface area contributed by atoms with Gasteiger partial charge >= 0.3 is 0 Å². The van der Waals surface area contributed by atoms with Crippen LogP contribution in [0.1, 0.15) is 5.56 Å². The number of carbonyl (C=O) groups is 1. The van der Waals surface area contributed by atoms with E-state index in [1.54, 1.807) is 12.0 Å². The molecule has 0 radical (unpaired) electrons. The molecule has 0 saturated carbocycles. The number of nitrogens with zero attached hydrogens (tertiary/aromatic N) is 1. The topological polar surface area (TPSA) is 29.5 Å². The third-order valence-electron chi connectivity index (χ3n) is 4.23. The second-order valence-corrected chi connectivity index (χ2v) is 7.43. The van der Waals surface area contributed by atoms with Gasteiger partial charge in [0.25, 0.3) is 5.91 Å². The number of hydrogen-bond donors (Lipinski definition) is 0. The van der Waals surface area contributed by atoms with Gasteiger partial charge in [0.2, 0.25) is 0 Å². The van der Waals surface area contributed by atoms with Crippen molar-refractivity contribution in [1.29, 1.82) is 0 Å². The number of fused-ring (bicyclic) bond motifs is 1. The lowest BCUT2D eigenvalue weighted by atomic mass is 10.0. The molecule has 1 aliphatic heterocycles. The monoisotopic (exact) mass is 377 g/mol. The molecule has 26 heavy (non-hydrogen) atoms. The molecule has 3 nitrogen and oxygen atoms in total. The summed E-state index contributed by atoms with van der Waals surface area (Å²) in [5, 5.41) is 2.13. The lowest BCUT2D eigenvalue weighted by molar-refractivity contribution is -0.113. The van der Waals surface area contributed by atoms with Gasteiger partial charge in [-0.25, -0.2) is 0 Å². The van der Waals surface area contributed by atoms with Crippen molar-refractivity contribution in [1.82, 2.24) is 0 Å². The Bertz CT molecular complexity index is 1040. The Kier molecular flexibility index (Phi) is 4.49. The Hall–Kier alpha value is -2.63. The molecule has 0 aromatic heterocycles. The molecule has 1 heterocycles. The Morgan fingerprint density at radius 3 is 2.50 bits per heavy atom. The molecule has 1 fully saturated rings.